The van der Waals surface area contributed by atoms with Gasteiger partial charge in [0, 0.05) is 28.9 Å². The van der Waals surface area contributed by atoms with Gasteiger partial charge in [0.25, 0.3) is 0 Å². The van der Waals surface area contributed by atoms with Crippen molar-refractivity contribution in [1.82, 2.24) is 4.90 Å². The summed E-state index contributed by atoms with van der Waals surface area (Å²) in [5.41, 5.74) is 2.99. The van der Waals surface area contributed by atoms with E-state index in [2.05, 4.69) is 0 Å². The second kappa shape index (κ2) is 10.1. The van der Waals surface area contributed by atoms with Crippen LogP contribution in [0.5, 0.6) is 17.2 Å². The third-order valence-electron chi connectivity index (χ3n) is 6.56. The first-order chi connectivity index (χ1) is 17.5. The number of rotatable bonds is 7. The minimum Gasteiger partial charge on any atom is -0.493 e. The van der Waals surface area contributed by atoms with Crippen LogP contribution >= 0.6 is 11.3 Å². The van der Waals surface area contributed by atoms with Gasteiger partial charge in [-0.25, -0.2) is 4.79 Å². The molecule has 1 aliphatic heterocycles. The third kappa shape index (κ3) is 4.68. The first-order valence-corrected chi connectivity index (χ1v) is 12.6. The van der Waals surface area contributed by atoms with Gasteiger partial charge < -0.3 is 23.5 Å². The second-order valence-corrected chi connectivity index (χ2v) is 9.76. The summed E-state index contributed by atoms with van der Waals surface area (Å²) in [6.45, 7) is 2.68. The number of benzene rings is 2. The lowest BCUT2D eigenvalue weighted by atomic mass is 9.91. The highest BCUT2D eigenvalue weighted by molar-refractivity contribution is 7.10. The SMILES string of the molecule is COc1cc2c(cc1OC)[C@H](COc1ccc3c(C)cc(=O)oc3c1)N(C(=O)Cc1cccs1)CC2. The van der Waals surface area contributed by atoms with E-state index in [1.165, 1.54) is 6.07 Å². The fraction of sp³-hybridized carbons (Fsp3) is 0.286. The third-order valence-corrected chi connectivity index (χ3v) is 7.44. The van der Waals surface area contributed by atoms with Gasteiger partial charge in [-0.2, -0.15) is 0 Å². The minimum atomic E-state index is -0.398. The van der Waals surface area contributed by atoms with E-state index in [-0.39, 0.29) is 18.6 Å². The van der Waals surface area contributed by atoms with Crippen molar-refractivity contribution in [2.75, 3.05) is 27.4 Å². The van der Waals surface area contributed by atoms with E-state index in [4.69, 9.17) is 18.6 Å². The molecule has 0 aliphatic carbocycles. The molecule has 0 N–H and O–H groups in total. The fourth-order valence-electron chi connectivity index (χ4n) is 4.74. The molecular weight excluding hydrogens is 478 g/mol. The van der Waals surface area contributed by atoms with Gasteiger partial charge in [0.15, 0.2) is 11.5 Å². The Morgan fingerprint density at radius 3 is 2.67 bits per heavy atom. The van der Waals surface area contributed by atoms with Crippen LogP contribution in [0, 0.1) is 6.92 Å². The molecule has 4 aromatic rings. The highest BCUT2D eigenvalue weighted by atomic mass is 32.1. The first-order valence-electron chi connectivity index (χ1n) is 11.7. The number of hydrogen-bond acceptors (Lipinski definition) is 7. The van der Waals surface area contributed by atoms with Crippen LogP contribution in [0.4, 0.5) is 0 Å². The summed E-state index contributed by atoms with van der Waals surface area (Å²) >= 11 is 1.58. The molecule has 1 aliphatic rings. The summed E-state index contributed by atoms with van der Waals surface area (Å²) < 4.78 is 22.6. The minimum absolute atomic E-state index is 0.0478. The van der Waals surface area contributed by atoms with Gasteiger partial charge in [0.2, 0.25) is 5.91 Å². The van der Waals surface area contributed by atoms with Gasteiger partial charge in [-0.3, -0.25) is 4.79 Å². The number of carbonyl (C=O) groups is 1. The summed E-state index contributed by atoms with van der Waals surface area (Å²) in [7, 11) is 3.22. The molecule has 3 heterocycles. The van der Waals surface area contributed by atoms with Crippen LogP contribution in [-0.2, 0) is 17.6 Å². The number of methoxy groups -OCH3 is 2. The van der Waals surface area contributed by atoms with E-state index < -0.39 is 5.63 Å². The molecular formula is C28H27NO6S. The normalized spacial score (nSPS) is 15.0. The van der Waals surface area contributed by atoms with Crippen molar-refractivity contribution in [1.29, 1.82) is 0 Å². The topological polar surface area (TPSA) is 78.2 Å². The molecule has 36 heavy (non-hydrogen) atoms. The van der Waals surface area contributed by atoms with E-state index in [0.717, 1.165) is 27.0 Å². The molecule has 0 spiro atoms. The molecule has 2 aromatic carbocycles. The molecule has 0 unspecified atom stereocenters. The maximum atomic E-state index is 13.4. The molecule has 0 saturated carbocycles. The average molecular weight is 506 g/mol. The molecule has 8 heteroatoms. The highest BCUT2D eigenvalue weighted by Crippen LogP contribution is 2.39. The Labute approximate surface area is 212 Å². The van der Waals surface area contributed by atoms with Gasteiger partial charge in [-0.15, -0.1) is 11.3 Å². The predicted molar refractivity (Wildman–Crippen MR) is 138 cm³/mol. The molecule has 1 amide bonds. The second-order valence-electron chi connectivity index (χ2n) is 8.73. The zero-order valence-electron chi connectivity index (χ0n) is 20.4. The van der Waals surface area contributed by atoms with Crippen molar-refractivity contribution in [2.45, 2.75) is 25.8 Å². The molecule has 186 valence electrons. The fourth-order valence-corrected chi connectivity index (χ4v) is 5.44. The van der Waals surface area contributed by atoms with Crippen LogP contribution in [0.3, 0.4) is 0 Å². The molecule has 0 saturated heterocycles. The lowest BCUT2D eigenvalue weighted by Crippen LogP contribution is -2.43. The first kappa shape index (κ1) is 23.9. The number of thiophene rings is 1. The smallest absolute Gasteiger partial charge is 0.336 e. The highest BCUT2D eigenvalue weighted by Gasteiger charge is 2.33. The maximum Gasteiger partial charge on any atom is 0.336 e. The molecule has 0 radical (unpaired) electrons. The van der Waals surface area contributed by atoms with Crippen molar-refractivity contribution < 1.29 is 23.4 Å². The zero-order valence-corrected chi connectivity index (χ0v) is 21.2. The van der Waals surface area contributed by atoms with Crippen molar-refractivity contribution in [3.05, 3.63) is 85.9 Å². The van der Waals surface area contributed by atoms with E-state index in [1.54, 1.807) is 31.6 Å². The predicted octanol–water partition coefficient (Wildman–Crippen LogP) is 4.93. The van der Waals surface area contributed by atoms with Gasteiger partial charge in [-0.1, -0.05) is 6.07 Å². The Morgan fingerprint density at radius 2 is 1.92 bits per heavy atom. The van der Waals surface area contributed by atoms with Crippen LogP contribution in [0.1, 0.15) is 27.6 Å². The lowest BCUT2D eigenvalue weighted by molar-refractivity contribution is -0.134. The Morgan fingerprint density at radius 1 is 1.11 bits per heavy atom. The summed E-state index contributed by atoms with van der Waals surface area (Å²) in [5.74, 6) is 1.88. The number of aryl methyl sites for hydroxylation is 1. The van der Waals surface area contributed by atoms with Crippen molar-refractivity contribution in [3.8, 4) is 17.2 Å². The monoisotopic (exact) mass is 505 g/mol. The number of hydrogen-bond donors (Lipinski definition) is 0. The van der Waals surface area contributed by atoms with Crippen LogP contribution in [0.25, 0.3) is 11.0 Å². The molecule has 2 aromatic heterocycles. The van der Waals surface area contributed by atoms with Crippen molar-refractivity contribution >= 4 is 28.2 Å². The van der Waals surface area contributed by atoms with E-state index in [0.29, 0.717) is 42.2 Å². The summed E-state index contributed by atoms with van der Waals surface area (Å²) in [5, 5.41) is 2.83. The summed E-state index contributed by atoms with van der Waals surface area (Å²) in [4.78, 5) is 28.2. The van der Waals surface area contributed by atoms with Crippen LogP contribution in [-0.4, -0.2) is 38.2 Å². The van der Waals surface area contributed by atoms with Crippen LogP contribution in [0.2, 0.25) is 0 Å². The van der Waals surface area contributed by atoms with Gasteiger partial charge in [0.05, 0.1) is 26.7 Å². The van der Waals surface area contributed by atoms with Gasteiger partial charge >= 0.3 is 5.63 Å². The van der Waals surface area contributed by atoms with Crippen molar-refractivity contribution in [3.63, 3.8) is 0 Å². The molecule has 7 nitrogen and oxygen atoms in total. The number of ether oxygens (including phenoxy) is 3. The van der Waals surface area contributed by atoms with E-state index in [9.17, 15) is 9.59 Å². The van der Waals surface area contributed by atoms with Crippen molar-refractivity contribution in [2.24, 2.45) is 0 Å². The van der Waals surface area contributed by atoms with E-state index in [1.807, 2.05) is 53.6 Å². The maximum absolute atomic E-state index is 13.4. The standard InChI is InChI=1S/C28H27NO6S/c1-17-11-28(31)35-24-13-19(6-7-21(17)24)34-16-23-22-15-26(33-3)25(32-2)12-18(22)8-9-29(23)27(30)14-20-5-4-10-36-20/h4-7,10-13,15,23H,8-9,14,16H2,1-3H3/t23-/m0/s1. The molecule has 0 fully saturated rings. The zero-order chi connectivity index (χ0) is 25.2. The lowest BCUT2D eigenvalue weighted by Gasteiger charge is -2.37. The Bertz CT molecular complexity index is 1460. The quantitative estimate of drug-likeness (QED) is 0.332. The van der Waals surface area contributed by atoms with Gasteiger partial charge in [0.1, 0.15) is 17.9 Å². The molecule has 0 bridgehead atoms. The largest absolute Gasteiger partial charge is 0.493 e. The van der Waals surface area contributed by atoms with Crippen LogP contribution < -0.4 is 19.8 Å². The Hall–Kier alpha value is -3.78. The number of carbonyl (C=O) groups excluding carboxylic acids is 1. The molecule has 5 rings (SSSR count). The summed E-state index contributed by atoms with van der Waals surface area (Å²) in [6, 6.07) is 14.5. The van der Waals surface area contributed by atoms with Crippen LogP contribution in [0.15, 0.2) is 63.1 Å². The van der Waals surface area contributed by atoms with E-state index >= 15 is 0 Å². The molecule has 1 atom stereocenters. The van der Waals surface area contributed by atoms with Gasteiger partial charge in [-0.05, 0) is 65.7 Å². The number of amides is 1. The Kier molecular flexibility index (Phi) is 6.69. The average Bonchev–Trinajstić information content (AvgIpc) is 3.38. The summed E-state index contributed by atoms with van der Waals surface area (Å²) in [6.07, 6.45) is 1.06. The Balaban J connectivity index is 1.47. The number of nitrogens with zero attached hydrogens (tertiary/aromatic N) is 1. The number of fused-ring (bicyclic) bond motifs is 2.